The molecule has 2 aliphatic rings. The number of carbonyl (C=O) groups excluding carboxylic acids is 1. The third-order valence-electron chi connectivity index (χ3n) is 5.03. The molecule has 130 valence electrons. The molecule has 7 nitrogen and oxygen atoms in total. The van der Waals surface area contributed by atoms with Crippen LogP contribution in [0.4, 0.5) is 11.4 Å². The van der Waals surface area contributed by atoms with Crippen LogP contribution >= 0.6 is 0 Å². The van der Waals surface area contributed by atoms with Crippen LogP contribution in [0.2, 0.25) is 0 Å². The first-order valence-corrected chi connectivity index (χ1v) is 8.52. The zero-order valence-corrected chi connectivity index (χ0v) is 13.7. The molecule has 1 aromatic carbocycles. The third-order valence-corrected chi connectivity index (χ3v) is 5.03. The fourth-order valence-corrected chi connectivity index (χ4v) is 3.71. The Hall–Kier alpha value is -2.15. The molecule has 0 unspecified atom stereocenters. The number of benzene rings is 1. The minimum Gasteiger partial charge on any atom is -0.392 e. The van der Waals surface area contributed by atoms with Crippen LogP contribution in [0.25, 0.3) is 0 Å². The fraction of sp³-hybridized carbons (Fsp3) is 0.588. The van der Waals surface area contributed by atoms with Crippen molar-refractivity contribution in [3.8, 4) is 0 Å². The van der Waals surface area contributed by atoms with Gasteiger partial charge in [-0.2, -0.15) is 0 Å². The van der Waals surface area contributed by atoms with Gasteiger partial charge < -0.3 is 14.9 Å². The molecule has 1 N–H and O–H groups in total. The zero-order chi connectivity index (χ0) is 17.1. The summed E-state index contributed by atoms with van der Waals surface area (Å²) in [7, 11) is 0. The highest BCUT2D eigenvalue weighted by Gasteiger charge is 2.31. The molecule has 24 heavy (non-hydrogen) atoms. The van der Waals surface area contributed by atoms with Gasteiger partial charge in [-0.3, -0.25) is 14.9 Å². The van der Waals surface area contributed by atoms with Gasteiger partial charge in [0.1, 0.15) is 5.69 Å². The van der Waals surface area contributed by atoms with Crippen LogP contribution in [0.3, 0.4) is 0 Å². The van der Waals surface area contributed by atoms with E-state index in [-0.39, 0.29) is 29.2 Å². The fourth-order valence-electron chi connectivity index (χ4n) is 3.71. The molecule has 0 spiro atoms. The van der Waals surface area contributed by atoms with Gasteiger partial charge in [0.2, 0.25) is 5.91 Å². The Balaban J connectivity index is 1.72. The van der Waals surface area contributed by atoms with Crippen LogP contribution < -0.4 is 4.90 Å². The van der Waals surface area contributed by atoms with Crippen molar-refractivity contribution in [1.82, 2.24) is 4.90 Å². The number of nitro groups is 1. The highest BCUT2D eigenvalue weighted by Crippen LogP contribution is 2.32. The largest absolute Gasteiger partial charge is 0.392 e. The number of hydrogen-bond donors (Lipinski definition) is 1. The van der Waals surface area contributed by atoms with E-state index < -0.39 is 0 Å². The molecule has 2 aliphatic heterocycles. The Morgan fingerprint density at radius 2 is 1.96 bits per heavy atom. The maximum Gasteiger partial charge on any atom is 0.292 e. The van der Waals surface area contributed by atoms with Crippen LogP contribution in [0.5, 0.6) is 0 Å². The Morgan fingerprint density at radius 3 is 2.58 bits per heavy atom. The SMILES string of the molecule is O=C1CCCCN1C1CCN(c2cc(CO)ccc2[N+](=O)[O-])CC1. The van der Waals surface area contributed by atoms with Crippen LogP contribution in [0.1, 0.15) is 37.7 Å². The Morgan fingerprint density at radius 1 is 1.21 bits per heavy atom. The molecule has 0 bridgehead atoms. The van der Waals surface area contributed by atoms with E-state index in [4.69, 9.17) is 0 Å². The second kappa shape index (κ2) is 7.17. The lowest BCUT2D eigenvalue weighted by molar-refractivity contribution is -0.384. The average Bonchev–Trinajstić information content (AvgIpc) is 2.61. The number of amides is 1. The predicted octanol–water partition coefficient (Wildman–Crippen LogP) is 2.07. The second-order valence-electron chi connectivity index (χ2n) is 6.50. The van der Waals surface area contributed by atoms with E-state index in [1.54, 1.807) is 12.1 Å². The van der Waals surface area contributed by atoms with Gasteiger partial charge in [0, 0.05) is 38.2 Å². The van der Waals surface area contributed by atoms with Gasteiger partial charge in [0.25, 0.3) is 5.69 Å². The molecule has 0 aliphatic carbocycles. The highest BCUT2D eigenvalue weighted by molar-refractivity contribution is 5.77. The number of rotatable bonds is 4. The summed E-state index contributed by atoms with van der Waals surface area (Å²) in [5, 5.41) is 20.6. The maximum absolute atomic E-state index is 12.1. The Bertz CT molecular complexity index is 626. The summed E-state index contributed by atoms with van der Waals surface area (Å²) >= 11 is 0. The number of likely N-dealkylation sites (tertiary alicyclic amines) is 1. The molecule has 3 rings (SSSR count). The number of piperidine rings is 2. The van der Waals surface area contributed by atoms with Crippen molar-refractivity contribution < 1.29 is 14.8 Å². The van der Waals surface area contributed by atoms with E-state index >= 15 is 0 Å². The second-order valence-corrected chi connectivity index (χ2v) is 6.50. The van der Waals surface area contributed by atoms with Gasteiger partial charge >= 0.3 is 0 Å². The highest BCUT2D eigenvalue weighted by atomic mass is 16.6. The summed E-state index contributed by atoms with van der Waals surface area (Å²) in [6, 6.07) is 4.99. The molecule has 0 aromatic heterocycles. The number of carbonyl (C=O) groups is 1. The molecule has 1 aromatic rings. The van der Waals surface area contributed by atoms with Crippen molar-refractivity contribution in [1.29, 1.82) is 0 Å². The van der Waals surface area contributed by atoms with E-state index in [9.17, 15) is 20.0 Å². The van der Waals surface area contributed by atoms with Crippen LogP contribution in [0, 0.1) is 10.1 Å². The summed E-state index contributed by atoms with van der Waals surface area (Å²) in [4.78, 5) is 27.0. The van der Waals surface area contributed by atoms with Crippen molar-refractivity contribution in [3.63, 3.8) is 0 Å². The summed E-state index contributed by atoms with van der Waals surface area (Å²) in [5.41, 5.74) is 1.30. The lowest BCUT2D eigenvalue weighted by atomic mass is 9.98. The molecular formula is C17H23N3O4. The lowest BCUT2D eigenvalue weighted by Gasteiger charge is -2.40. The molecule has 1 amide bonds. The molecule has 0 saturated carbocycles. The van der Waals surface area contributed by atoms with Crippen molar-refractivity contribution in [2.24, 2.45) is 0 Å². The smallest absolute Gasteiger partial charge is 0.292 e. The van der Waals surface area contributed by atoms with E-state index in [0.717, 1.165) is 32.2 Å². The first-order chi connectivity index (χ1) is 11.6. The van der Waals surface area contributed by atoms with Gasteiger partial charge in [-0.15, -0.1) is 0 Å². The number of anilines is 1. The van der Waals surface area contributed by atoms with Gasteiger partial charge in [-0.05, 0) is 43.4 Å². The van der Waals surface area contributed by atoms with Crippen molar-refractivity contribution in [2.75, 3.05) is 24.5 Å². The quantitative estimate of drug-likeness (QED) is 0.673. The molecule has 7 heteroatoms. The summed E-state index contributed by atoms with van der Waals surface area (Å²) < 4.78 is 0. The number of hydrogen-bond acceptors (Lipinski definition) is 5. The van der Waals surface area contributed by atoms with Crippen molar-refractivity contribution in [3.05, 3.63) is 33.9 Å². The van der Waals surface area contributed by atoms with Gasteiger partial charge in [-0.25, -0.2) is 0 Å². The summed E-state index contributed by atoms with van der Waals surface area (Å²) in [5.74, 6) is 0.243. The van der Waals surface area contributed by atoms with Crippen LogP contribution in [0.15, 0.2) is 18.2 Å². The maximum atomic E-state index is 12.1. The standard InChI is InChI=1S/C17H23N3O4/c21-12-13-4-5-15(20(23)24)16(11-13)18-9-6-14(7-10-18)19-8-2-1-3-17(19)22/h4-5,11,14,21H,1-3,6-10,12H2. The first-order valence-electron chi connectivity index (χ1n) is 8.52. The molecular weight excluding hydrogens is 310 g/mol. The average molecular weight is 333 g/mol. The van der Waals surface area contributed by atoms with Crippen LogP contribution in [-0.2, 0) is 11.4 Å². The molecule has 2 fully saturated rings. The third kappa shape index (κ3) is 3.36. The number of aliphatic hydroxyl groups excluding tert-OH is 1. The number of nitrogens with zero attached hydrogens (tertiary/aromatic N) is 3. The summed E-state index contributed by atoms with van der Waals surface area (Å²) in [6.07, 6.45) is 4.34. The minimum atomic E-state index is -0.378. The molecule has 2 heterocycles. The zero-order valence-electron chi connectivity index (χ0n) is 13.7. The molecule has 0 radical (unpaired) electrons. The topological polar surface area (TPSA) is 86.9 Å². The minimum absolute atomic E-state index is 0.0692. The number of aliphatic hydroxyl groups is 1. The Labute approximate surface area is 141 Å². The molecule has 0 atom stereocenters. The number of nitro benzene ring substituents is 1. The first kappa shape index (κ1) is 16.7. The summed E-state index contributed by atoms with van der Waals surface area (Å²) in [6.45, 7) is 2.07. The van der Waals surface area contributed by atoms with Gasteiger partial charge in [-0.1, -0.05) is 0 Å². The predicted molar refractivity (Wildman–Crippen MR) is 89.8 cm³/mol. The van der Waals surface area contributed by atoms with E-state index in [2.05, 4.69) is 0 Å². The van der Waals surface area contributed by atoms with Crippen molar-refractivity contribution >= 4 is 17.3 Å². The van der Waals surface area contributed by atoms with E-state index in [0.29, 0.717) is 30.8 Å². The molecule has 2 saturated heterocycles. The van der Waals surface area contributed by atoms with Gasteiger partial charge in [0.05, 0.1) is 11.5 Å². The van der Waals surface area contributed by atoms with Crippen molar-refractivity contribution in [2.45, 2.75) is 44.8 Å². The lowest BCUT2D eigenvalue weighted by Crippen LogP contribution is -2.49. The normalized spacial score (nSPS) is 19.6. The van der Waals surface area contributed by atoms with Crippen LogP contribution in [-0.4, -0.2) is 46.5 Å². The monoisotopic (exact) mass is 333 g/mol. The van der Waals surface area contributed by atoms with E-state index in [1.807, 2.05) is 9.80 Å². The van der Waals surface area contributed by atoms with Gasteiger partial charge in [0.15, 0.2) is 0 Å². The van der Waals surface area contributed by atoms with E-state index in [1.165, 1.54) is 6.07 Å². The Kier molecular flexibility index (Phi) is 4.99.